The van der Waals surface area contributed by atoms with Gasteiger partial charge in [-0.1, -0.05) is 0 Å². The number of thiophene rings is 1. The molecule has 22 heavy (non-hydrogen) atoms. The molecular weight excluding hydrogens is 298 g/mol. The molecule has 0 bridgehead atoms. The van der Waals surface area contributed by atoms with Gasteiger partial charge in [0, 0.05) is 30.7 Å². The Labute approximate surface area is 132 Å². The van der Waals surface area contributed by atoms with Crippen LogP contribution in [-0.2, 0) is 4.79 Å². The summed E-state index contributed by atoms with van der Waals surface area (Å²) < 4.78 is 0. The summed E-state index contributed by atoms with van der Waals surface area (Å²) in [6.45, 7) is 0.691. The fourth-order valence-electron chi connectivity index (χ4n) is 3.48. The first-order chi connectivity index (χ1) is 10.8. The number of aromatic nitrogens is 1. The van der Waals surface area contributed by atoms with Crippen LogP contribution in [0, 0.1) is 0 Å². The van der Waals surface area contributed by atoms with E-state index < -0.39 is 0 Å². The maximum absolute atomic E-state index is 12.6. The average molecular weight is 313 g/mol. The maximum atomic E-state index is 12.6. The van der Waals surface area contributed by atoms with E-state index in [9.17, 15) is 9.59 Å². The van der Waals surface area contributed by atoms with Crippen LogP contribution >= 0.6 is 11.3 Å². The van der Waals surface area contributed by atoms with Gasteiger partial charge in [0.25, 0.3) is 5.91 Å². The molecule has 112 valence electrons. The second-order valence-electron chi connectivity index (χ2n) is 5.61. The Morgan fingerprint density at radius 2 is 2.23 bits per heavy atom. The molecule has 0 unspecified atom stereocenters. The zero-order chi connectivity index (χ0) is 15.1. The van der Waals surface area contributed by atoms with Crippen molar-refractivity contribution in [3.05, 3.63) is 46.9 Å². The number of nitrogens with zero attached hydrogens (tertiary/aromatic N) is 3. The maximum Gasteiger partial charge on any atom is 0.255 e. The number of hydrogen-bond donors (Lipinski definition) is 0. The molecule has 4 rings (SSSR count). The quantitative estimate of drug-likeness (QED) is 0.854. The van der Waals surface area contributed by atoms with Crippen LogP contribution in [0.15, 0.2) is 41.4 Å². The van der Waals surface area contributed by atoms with Crippen molar-refractivity contribution in [2.24, 2.45) is 0 Å². The van der Waals surface area contributed by atoms with Gasteiger partial charge in [-0.15, -0.1) is 0 Å². The third-order valence-electron chi connectivity index (χ3n) is 4.45. The summed E-state index contributed by atoms with van der Waals surface area (Å²) in [4.78, 5) is 32.7. The zero-order valence-corrected chi connectivity index (χ0v) is 12.7. The number of fused-ring (bicyclic) bond motifs is 1. The van der Waals surface area contributed by atoms with E-state index in [2.05, 4.69) is 4.98 Å². The molecule has 6 heteroatoms. The number of carbonyl (C=O) groups excluding carboxylic acids is 2. The van der Waals surface area contributed by atoms with E-state index in [0.29, 0.717) is 18.5 Å². The number of hydrogen-bond acceptors (Lipinski definition) is 4. The van der Waals surface area contributed by atoms with Crippen LogP contribution in [0.3, 0.4) is 0 Å². The molecule has 5 nitrogen and oxygen atoms in total. The summed E-state index contributed by atoms with van der Waals surface area (Å²) in [5, 5.41) is 3.97. The van der Waals surface area contributed by atoms with Gasteiger partial charge >= 0.3 is 0 Å². The molecule has 0 saturated carbocycles. The molecule has 0 spiro atoms. The molecule has 0 N–H and O–H groups in total. The van der Waals surface area contributed by atoms with Crippen LogP contribution in [0.5, 0.6) is 0 Å². The van der Waals surface area contributed by atoms with Gasteiger partial charge in [-0.2, -0.15) is 11.3 Å². The highest BCUT2D eigenvalue weighted by Crippen LogP contribution is 2.37. The minimum atomic E-state index is -0.0277. The number of pyridine rings is 1. The predicted octanol–water partition coefficient (Wildman–Crippen LogP) is 2.16. The van der Waals surface area contributed by atoms with Crippen molar-refractivity contribution in [2.75, 3.05) is 11.4 Å². The molecule has 2 aliphatic heterocycles. The van der Waals surface area contributed by atoms with Crippen LogP contribution < -0.4 is 4.90 Å². The van der Waals surface area contributed by atoms with Crippen LogP contribution in [-0.4, -0.2) is 40.3 Å². The molecule has 4 heterocycles. The van der Waals surface area contributed by atoms with Crippen LogP contribution in [0.1, 0.15) is 23.2 Å². The molecule has 2 saturated heterocycles. The van der Waals surface area contributed by atoms with Crippen molar-refractivity contribution in [1.29, 1.82) is 0 Å². The highest BCUT2D eigenvalue weighted by Gasteiger charge is 2.49. The lowest BCUT2D eigenvalue weighted by Gasteiger charge is -2.24. The minimum Gasteiger partial charge on any atom is -0.333 e. The van der Waals surface area contributed by atoms with E-state index in [1.165, 1.54) is 0 Å². The van der Waals surface area contributed by atoms with Gasteiger partial charge in [0.05, 0.1) is 23.3 Å². The number of anilines is 1. The molecule has 0 radical (unpaired) electrons. The van der Waals surface area contributed by atoms with Gasteiger partial charge in [0.15, 0.2) is 0 Å². The highest BCUT2D eigenvalue weighted by molar-refractivity contribution is 7.08. The SMILES string of the molecule is O=C(c1cccnc1)N1CC[C@H]2[C@H]1CC(=O)N2c1ccsc1. The third-order valence-corrected chi connectivity index (χ3v) is 5.12. The van der Waals surface area contributed by atoms with Crippen LogP contribution in [0.25, 0.3) is 0 Å². The highest BCUT2D eigenvalue weighted by atomic mass is 32.1. The Balaban J connectivity index is 1.60. The predicted molar refractivity (Wildman–Crippen MR) is 83.9 cm³/mol. The van der Waals surface area contributed by atoms with Crippen molar-refractivity contribution in [2.45, 2.75) is 24.9 Å². The van der Waals surface area contributed by atoms with Crippen molar-refractivity contribution in [3.8, 4) is 0 Å². The second-order valence-corrected chi connectivity index (χ2v) is 6.39. The fraction of sp³-hybridized carbons (Fsp3) is 0.312. The van der Waals surface area contributed by atoms with Crippen molar-refractivity contribution < 1.29 is 9.59 Å². The molecule has 0 aliphatic carbocycles. The number of rotatable bonds is 2. The first kappa shape index (κ1) is 13.5. The van der Waals surface area contributed by atoms with E-state index in [-0.39, 0.29) is 23.9 Å². The average Bonchev–Trinajstić information content (AvgIpc) is 3.24. The van der Waals surface area contributed by atoms with Gasteiger partial charge in [0.2, 0.25) is 5.91 Å². The van der Waals surface area contributed by atoms with Gasteiger partial charge < -0.3 is 9.80 Å². The molecule has 2 aliphatic rings. The van der Waals surface area contributed by atoms with E-state index in [4.69, 9.17) is 0 Å². The summed E-state index contributed by atoms with van der Waals surface area (Å²) in [5.74, 6) is 0.0812. The molecule has 2 aromatic rings. The lowest BCUT2D eigenvalue weighted by atomic mass is 10.1. The third kappa shape index (κ3) is 2.02. The summed E-state index contributed by atoms with van der Waals surface area (Å²) in [7, 11) is 0. The van der Waals surface area contributed by atoms with Gasteiger partial charge in [-0.25, -0.2) is 0 Å². The van der Waals surface area contributed by atoms with Crippen LogP contribution in [0.2, 0.25) is 0 Å². The first-order valence-electron chi connectivity index (χ1n) is 7.31. The largest absolute Gasteiger partial charge is 0.333 e. The van der Waals surface area contributed by atoms with E-state index in [1.54, 1.807) is 35.9 Å². The molecule has 2 atom stereocenters. The monoisotopic (exact) mass is 313 g/mol. The Kier molecular flexibility index (Phi) is 3.18. The Morgan fingerprint density at radius 3 is 2.95 bits per heavy atom. The lowest BCUT2D eigenvalue weighted by molar-refractivity contribution is -0.117. The van der Waals surface area contributed by atoms with Gasteiger partial charge in [-0.3, -0.25) is 14.6 Å². The normalized spacial score (nSPS) is 23.9. The number of carbonyl (C=O) groups is 2. The standard InChI is InChI=1S/C16H15N3O2S/c20-15-8-14-13(19(15)12-4-7-22-10-12)3-6-18(14)16(21)11-2-1-5-17-9-11/h1-2,4-5,7,9-10,13-14H,3,6,8H2/t13-,14+/m0/s1. The molecule has 0 aromatic carbocycles. The van der Waals surface area contributed by atoms with Gasteiger partial charge in [-0.05, 0) is 30.0 Å². The van der Waals surface area contributed by atoms with Crippen molar-refractivity contribution >= 4 is 28.8 Å². The zero-order valence-electron chi connectivity index (χ0n) is 11.9. The summed E-state index contributed by atoms with van der Waals surface area (Å²) >= 11 is 1.58. The Morgan fingerprint density at radius 1 is 1.32 bits per heavy atom. The Hall–Kier alpha value is -2.21. The molecule has 2 fully saturated rings. The molecular formula is C16H15N3O2S. The van der Waals surface area contributed by atoms with Crippen molar-refractivity contribution in [3.63, 3.8) is 0 Å². The van der Waals surface area contributed by atoms with E-state index in [0.717, 1.165) is 12.1 Å². The van der Waals surface area contributed by atoms with Gasteiger partial charge in [0.1, 0.15) is 0 Å². The number of amides is 2. The second kappa shape index (κ2) is 5.21. The molecule has 2 amide bonds. The minimum absolute atomic E-state index is 0.0273. The first-order valence-corrected chi connectivity index (χ1v) is 8.25. The van der Waals surface area contributed by atoms with E-state index >= 15 is 0 Å². The summed E-state index contributed by atoms with van der Waals surface area (Å²) in [6.07, 6.45) is 4.48. The lowest BCUT2D eigenvalue weighted by Crippen LogP contribution is -2.39. The smallest absolute Gasteiger partial charge is 0.255 e. The summed E-state index contributed by atoms with van der Waals surface area (Å²) in [6, 6.07) is 5.58. The number of likely N-dealkylation sites (tertiary alicyclic amines) is 1. The van der Waals surface area contributed by atoms with Crippen molar-refractivity contribution in [1.82, 2.24) is 9.88 Å². The molecule has 2 aromatic heterocycles. The van der Waals surface area contributed by atoms with Crippen LogP contribution in [0.4, 0.5) is 5.69 Å². The summed E-state index contributed by atoms with van der Waals surface area (Å²) in [5.41, 5.74) is 1.54. The van der Waals surface area contributed by atoms with E-state index in [1.807, 2.05) is 26.6 Å². The topological polar surface area (TPSA) is 53.5 Å². The Bertz CT molecular complexity index is 701. The fourth-order valence-corrected chi connectivity index (χ4v) is 4.11.